The van der Waals surface area contributed by atoms with Crippen molar-refractivity contribution in [2.75, 3.05) is 11.9 Å². The molecular formula is C21H21ClN4O. The summed E-state index contributed by atoms with van der Waals surface area (Å²) in [4.78, 5) is 20.5. The third kappa shape index (κ3) is 6.08. The van der Waals surface area contributed by atoms with E-state index in [2.05, 4.69) is 32.7 Å². The second-order valence-corrected chi connectivity index (χ2v) is 6.55. The summed E-state index contributed by atoms with van der Waals surface area (Å²) in [6, 6.07) is 19.4. The summed E-state index contributed by atoms with van der Waals surface area (Å²) in [7, 11) is 0. The number of anilines is 1. The number of benzene rings is 2. The molecule has 5 nitrogen and oxygen atoms in total. The zero-order valence-corrected chi connectivity index (χ0v) is 15.6. The third-order valence-electron chi connectivity index (χ3n) is 4.06. The van der Waals surface area contributed by atoms with Gasteiger partial charge in [-0.1, -0.05) is 54.1 Å². The van der Waals surface area contributed by atoms with Gasteiger partial charge in [0.2, 0.25) is 0 Å². The van der Waals surface area contributed by atoms with Crippen LogP contribution in [0.3, 0.4) is 0 Å². The van der Waals surface area contributed by atoms with E-state index in [9.17, 15) is 4.79 Å². The van der Waals surface area contributed by atoms with Crippen LogP contribution in [0.25, 0.3) is 0 Å². The van der Waals surface area contributed by atoms with E-state index in [1.807, 2.05) is 30.3 Å². The van der Waals surface area contributed by atoms with Crippen molar-refractivity contribution in [1.82, 2.24) is 15.3 Å². The summed E-state index contributed by atoms with van der Waals surface area (Å²) in [5, 5.41) is 6.77. The van der Waals surface area contributed by atoms with Gasteiger partial charge in [-0.3, -0.25) is 4.79 Å². The van der Waals surface area contributed by atoms with Crippen LogP contribution in [0, 0.1) is 0 Å². The summed E-state index contributed by atoms with van der Waals surface area (Å²) in [6.45, 7) is 1.19. The Kier molecular flexibility index (Phi) is 6.77. The molecule has 6 heteroatoms. The first-order chi connectivity index (χ1) is 13.2. The molecule has 0 saturated carbocycles. The second-order valence-electron chi connectivity index (χ2n) is 6.11. The Morgan fingerprint density at radius 2 is 1.74 bits per heavy atom. The molecular weight excluding hydrogens is 360 g/mol. The van der Waals surface area contributed by atoms with Crippen molar-refractivity contribution in [3.63, 3.8) is 0 Å². The standard InChI is InChI=1S/C21H21ClN4O/c22-18-10-8-17(9-11-18)14-24-21(27)19-13-20(26-15-25-19)23-12-4-7-16-5-2-1-3-6-16/h1-3,5-6,8-11,13,15H,4,7,12,14H2,(H,24,27)(H,23,25,26). The van der Waals surface area contributed by atoms with E-state index in [1.54, 1.807) is 18.2 Å². The van der Waals surface area contributed by atoms with Crippen molar-refractivity contribution in [2.24, 2.45) is 0 Å². The Hall–Kier alpha value is -2.92. The molecule has 0 spiro atoms. The highest BCUT2D eigenvalue weighted by molar-refractivity contribution is 6.30. The molecule has 1 aromatic heterocycles. The van der Waals surface area contributed by atoms with Crippen molar-refractivity contribution in [1.29, 1.82) is 0 Å². The smallest absolute Gasteiger partial charge is 0.270 e. The summed E-state index contributed by atoms with van der Waals surface area (Å²) < 4.78 is 0. The zero-order chi connectivity index (χ0) is 18.9. The highest BCUT2D eigenvalue weighted by Crippen LogP contribution is 2.10. The monoisotopic (exact) mass is 380 g/mol. The minimum Gasteiger partial charge on any atom is -0.370 e. The lowest BCUT2D eigenvalue weighted by atomic mass is 10.1. The van der Waals surface area contributed by atoms with Crippen LogP contribution in [-0.4, -0.2) is 22.4 Å². The minimum atomic E-state index is -0.236. The fourth-order valence-corrected chi connectivity index (χ4v) is 2.73. The predicted octanol–water partition coefficient (Wildman–Crippen LogP) is 4.10. The summed E-state index contributed by atoms with van der Waals surface area (Å²) in [5.74, 6) is 0.411. The molecule has 0 fully saturated rings. The van der Waals surface area contributed by atoms with Gasteiger partial charge in [-0.15, -0.1) is 0 Å². The molecule has 2 aromatic carbocycles. The van der Waals surface area contributed by atoms with Crippen LogP contribution in [0.4, 0.5) is 5.82 Å². The van der Waals surface area contributed by atoms with Crippen LogP contribution in [0.2, 0.25) is 5.02 Å². The number of aryl methyl sites for hydroxylation is 1. The first-order valence-corrected chi connectivity index (χ1v) is 9.21. The van der Waals surface area contributed by atoms with Gasteiger partial charge < -0.3 is 10.6 Å². The molecule has 1 heterocycles. The quantitative estimate of drug-likeness (QED) is 0.577. The van der Waals surface area contributed by atoms with Crippen molar-refractivity contribution in [3.05, 3.63) is 88.8 Å². The van der Waals surface area contributed by atoms with Gasteiger partial charge in [0, 0.05) is 24.2 Å². The number of nitrogens with zero attached hydrogens (tertiary/aromatic N) is 2. The number of amides is 1. The van der Waals surface area contributed by atoms with Crippen LogP contribution in [-0.2, 0) is 13.0 Å². The second kappa shape index (κ2) is 9.69. The number of carbonyl (C=O) groups excluding carboxylic acids is 1. The molecule has 1 amide bonds. The molecule has 0 bridgehead atoms. The first-order valence-electron chi connectivity index (χ1n) is 8.83. The van der Waals surface area contributed by atoms with Crippen LogP contribution in [0.5, 0.6) is 0 Å². The van der Waals surface area contributed by atoms with Gasteiger partial charge in [0.15, 0.2) is 0 Å². The van der Waals surface area contributed by atoms with Crippen molar-refractivity contribution < 1.29 is 4.79 Å². The maximum Gasteiger partial charge on any atom is 0.270 e. The Morgan fingerprint density at radius 3 is 2.52 bits per heavy atom. The highest BCUT2D eigenvalue weighted by Gasteiger charge is 2.08. The molecule has 0 aliphatic rings. The molecule has 0 aliphatic heterocycles. The van der Waals surface area contributed by atoms with Crippen LogP contribution in [0.1, 0.15) is 28.0 Å². The van der Waals surface area contributed by atoms with Crippen molar-refractivity contribution >= 4 is 23.3 Å². The Bertz CT molecular complexity index is 869. The van der Waals surface area contributed by atoms with Crippen LogP contribution < -0.4 is 10.6 Å². The number of nitrogens with one attached hydrogen (secondary N) is 2. The molecule has 0 unspecified atom stereocenters. The first kappa shape index (κ1) is 18.9. The molecule has 27 heavy (non-hydrogen) atoms. The van der Waals surface area contributed by atoms with Gasteiger partial charge in [0.25, 0.3) is 5.91 Å². The van der Waals surface area contributed by atoms with E-state index >= 15 is 0 Å². The Morgan fingerprint density at radius 1 is 0.963 bits per heavy atom. The number of halogens is 1. The SMILES string of the molecule is O=C(NCc1ccc(Cl)cc1)c1cc(NCCCc2ccccc2)ncn1. The lowest BCUT2D eigenvalue weighted by Crippen LogP contribution is -2.24. The summed E-state index contributed by atoms with van der Waals surface area (Å²) in [6.07, 6.45) is 3.37. The maximum absolute atomic E-state index is 12.3. The number of aromatic nitrogens is 2. The number of rotatable bonds is 8. The van der Waals surface area contributed by atoms with Gasteiger partial charge >= 0.3 is 0 Å². The van der Waals surface area contributed by atoms with E-state index in [0.717, 1.165) is 24.9 Å². The summed E-state index contributed by atoms with van der Waals surface area (Å²) in [5.41, 5.74) is 2.62. The van der Waals surface area contributed by atoms with E-state index in [1.165, 1.54) is 11.9 Å². The zero-order valence-electron chi connectivity index (χ0n) is 14.9. The van der Waals surface area contributed by atoms with E-state index in [-0.39, 0.29) is 5.91 Å². The van der Waals surface area contributed by atoms with Crippen LogP contribution in [0.15, 0.2) is 67.0 Å². The summed E-state index contributed by atoms with van der Waals surface area (Å²) >= 11 is 5.86. The maximum atomic E-state index is 12.3. The van der Waals surface area contributed by atoms with Gasteiger partial charge in [-0.05, 0) is 36.1 Å². The van der Waals surface area contributed by atoms with Gasteiger partial charge in [0.05, 0.1) is 0 Å². The van der Waals surface area contributed by atoms with Gasteiger partial charge in [-0.2, -0.15) is 0 Å². The molecule has 3 aromatic rings. The fourth-order valence-electron chi connectivity index (χ4n) is 2.61. The molecule has 0 radical (unpaired) electrons. The largest absolute Gasteiger partial charge is 0.370 e. The lowest BCUT2D eigenvalue weighted by Gasteiger charge is -2.08. The molecule has 3 rings (SSSR count). The molecule has 0 atom stereocenters. The normalized spacial score (nSPS) is 10.4. The molecule has 0 aliphatic carbocycles. The Balaban J connectivity index is 1.47. The van der Waals surface area contributed by atoms with Gasteiger partial charge in [-0.25, -0.2) is 9.97 Å². The van der Waals surface area contributed by atoms with Crippen molar-refractivity contribution in [3.8, 4) is 0 Å². The highest BCUT2D eigenvalue weighted by atomic mass is 35.5. The number of hydrogen-bond acceptors (Lipinski definition) is 4. The van der Waals surface area contributed by atoms with Gasteiger partial charge in [0.1, 0.15) is 17.8 Å². The van der Waals surface area contributed by atoms with E-state index in [4.69, 9.17) is 11.6 Å². The number of hydrogen-bond donors (Lipinski definition) is 2. The fraction of sp³-hybridized carbons (Fsp3) is 0.190. The average molecular weight is 381 g/mol. The molecule has 2 N–H and O–H groups in total. The topological polar surface area (TPSA) is 66.9 Å². The third-order valence-corrected chi connectivity index (χ3v) is 4.31. The molecule has 0 saturated heterocycles. The van der Waals surface area contributed by atoms with Crippen LogP contribution >= 0.6 is 11.6 Å². The average Bonchev–Trinajstić information content (AvgIpc) is 2.71. The van der Waals surface area contributed by atoms with E-state index in [0.29, 0.717) is 23.1 Å². The Labute approximate surface area is 163 Å². The van der Waals surface area contributed by atoms with E-state index < -0.39 is 0 Å². The lowest BCUT2D eigenvalue weighted by molar-refractivity contribution is 0.0946. The minimum absolute atomic E-state index is 0.236. The molecule has 138 valence electrons. The van der Waals surface area contributed by atoms with Crippen molar-refractivity contribution in [2.45, 2.75) is 19.4 Å². The predicted molar refractivity (Wildman–Crippen MR) is 108 cm³/mol. The number of carbonyl (C=O) groups is 1.